The van der Waals surface area contributed by atoms with Crippen LogP contribution in [-0.2, 0) is 0 Å². The maximum absolute atomic E-state index is 9.68. The predicted molar refractivity (Wildman–Crippen MR) is 58.4 cm³/mol. The van der Waals surface area contributed by atoms with E-state index in [1.807, 2.05) is 23.8 Å². The molecule has 4 heteroatoms. The lowest BCUT2D eigenvalue weighted by molar-refractivity contribution is 0.168. The SMILES string of the molecule is CC(CO)CNCC(O)c1ccsc1. The van der Waals surface area contributed by atoms with E-state index in [0.717, 1.165) is 12.1 Å². The summed E-state index contributed by atoms with van der Waals surface area (Å²) >= 11 is 1.58. The molecule has 1 heterocycles. The highest BCUT2D eigenvalue weighted by atomic mass is 32.1. The first kappa shape index (κ1) is 11.7. The van der Waals surface area contributed by atoms with Crippen molar-refractivity contribution in [1.29, 1.82) is 0 Å². The lowest BCUT2D eigenvalue weighted by atomic mass is 10.1. The molecular formula is C10H17NO2S. The first-order valence-corrected chi connectivity index (χ1v) is 5.70. The fourth-order valence-electron chi connectivity index (χ4n) is 1.11. The molecule has 80 valence electrons. The van der Waals surface area contributed by atoms with Crippen molar-refractivity contribution in [3.8, 4) is 0 Å². The third-order valence-electron chi connectivity index (χ3n) is 2.07. The van der Waals surface area contributed by atoms with Crippen LogP contribution < -0.4 is 5.32 Å². The van der Waals surface area contributed by atoms with Crippen LogP contribution in [-0.4, -0.2) is 29.9 Å². The minimum atomic E-state index is -0.438. The number of thiophene rings is 1. The van der Waals surface area contributed by atoms with Crippen molar-refractivity contribution in [2.45, 2.75) is 13.0 Å². The first-order chi connectivity index (χ1) is 6.74. The van der Waals surface area contributed by atoms with Crippen molar-refractivity contribution >= 4 is 11.3 Å². The van der Waals surface area contributed by atoms with Gasteiger partial charge in [0.15, 0.2) is 0 Å². The molecule has 0 amide bonds. The Morgan fingerprint density at radius 2 is 2.29 bits per heavy atom. The summed E-state index contributed by atoms with van der Waals surface area (Å²) < 4.78 is 0. The van der Waals surface area contributed by atoms with E-state index in [1.54, 1.807) is 11.3 Å². The molecule has 0 aromatic carbocycles. The van der Waals surface area contributed by atoms with Gasteiger partial charge in [0, 0.05) is 13.2 Å². The second-order valence-corrected chi connectivity index (χ2v) is 4.30. The van der Waals surface area contributed by atoms with Gasteiger partial charge in [-0.25, -0.2) is 0 Å². The number of hydrogen-bond donors (Lipinski definition) is 3. The largest absolute Gasteiger partial charge is 0.396 e. The fourth-order valence-corrected chi connectivity index (χ4v) is 1.82. The van der Waals surface area contributed by atoms with Gasteiger partial charge in [0.05, 0.1) is 6.10 Å². The normalized spacial score (nSPS) is 15.4. The molecule has 2 unspecified atom stereocenters. The van der Waals surface area contributed by atoms with Crippen LogP contribution in [0.1, 0.15) is 18.6 Å². The molecule has 0 saturated heterocycles. The Kier molecular flexibility index (Phi) is 5.11. The van der Waals surface area contributed by atoms with Gasteiger partial charge in [-0.2, -0.15) is 11.3 Å². The highest BCUT2D eigenvalue weighted by molar-refractivity contribution is 7.07. The second kappa shape index (κ2) is 6.14. The molecule has 0 aliphatic heterocycles. The molecule has 0 aliphatic carbocycles. The Hall–Kier alpha value is -0.420. The van der Waals surface area contributed by atoms with E-state index in [-0.39, 0.29) is 12.5 Å². The summed E-state index contributed by atoms with van der Waals surface area (Å²) in [5, 5.41) is 25.5. The van der Waals surface area contributed by atoms with Crippen molar-refractivity contribution in [2.75, 3.05) is 19.7 Å². The number of nitrogens with one attached hydrogen (secondary N) is 1. The van der Waals surface area contributed by atoms with Gasteiger partial charge >= 0.3 is 0 Å². The van der Waals surface area contributed by atoms with Crippen molar-refractivity contribution in [3.05, 3.63) is 22.4 Å². The standard InChI is InChI=1S/C10H17NO2S/c1-8(6-12)4-11-5-10(13)9-2-3-14-7-9/h2-3,7-8,10-13H,4-6H2,1H3. The number of aliphatic hydroxyl groups is 2. The lowest BCUT2D eigenvalue weighted by Gasteiger charge is -2.12. The Bertz CT molecular complexity index is 238. The smallest absolute Gasteiger partial charge is 0.0922 e. The average Bonchev–Trinajstić information content (AvgIpc) is 2.70. The van der Waals surface area contributed by atoms with Crippen molar-refractivity contribution in [1.82, 2.24) is 5.32 Å². The fraction of sp³-hybridized carbons (Fsp3) is 0.600. The molecule has 0 bridgehead atoms. The molecule has 3 N–H and O–H groups in total. The summed E-state index contributed by atoms with van der Waals surface area (Å²) in [5.74, 6) is 0.240. The van der Waals surface area contributed by atoms with Crippen LogP contribution in [0.15, 0.2) is 16.8 Å². The van der Waals surface area contributed by atoms with E-state index < -0.39 is 6.10 Å². The van der Waals surface area contributed by atoms with E-state index in [9.17, 15) is 5.11 Å². The molecule has 3 nitrogen and oxygen atoms in total. The summed E-state index contributed by atoms with van der Waals surface area (Å²) in [6.07, 6.45) is -0.438. The molecule has 14 heavy (non-hydrogen) atoms. The molecule has 0 radical (unpaired) electrons. The summed E-state index contributed by atoms with van der Waals surface area (Å²) in [4.78, 5) is 0. The minimum Gasteiger partial charge on any atom is -0.396 e. The van der Waals surface area contributed by atoms with Crippen LogP contribution in [0.4, 0.5) is 0 Å². The summed E-state index contributed by atoms with van der Waals surface area (Å²) in [6.45, 7) is 3.42. The molecule has 0 fully saturated rings. The molecule has 2 atom stereocenters. The lowest BCUT2D eigenvalue weighted by Crippen LogP contribution is -2.27. The van der Waals surface area contributed by atoms with E-state index in [4.69, 9.17) is 5.11 Å². The molecule has 1 rings (SSSR count). The van der Waals surface area contributed by atoms with E-state index >= 15 is 0 Å². The average molecular weight is 215 g/mol. The van der Waals surface area contributed by atoms with Gasteiger partial charge in [0.25, 0.3) is 0 Å². The number of aliphatic hydroxyl groups excluding tert-OH is 2. The zero-order chi connectivity index (χ0) is 10.4. The zero-order valence-corrected chi connectivity index (χ0v) is 9.13. The van der Waals surface area contributed by atoms with Crippen LogP contribution in [0.25, 0.3) is 0 Å². The topological polar surface area (TPSA) is 52.5 Å². The monoisotopic (exact) mass is 215 g/mol. The van der Waals surface area contributed by atoms with Crippen LogP contribution in [0.3, 0.4) is 0 Å². The Morgan fingerprint density at radius 1 is 1.50 bits per heavy atom. The highest BCUT2D eigenvalue weighted by Crippen LogP contribution is 2.14. The van der Waals surface area contributed by atoms with Gasteiger partial charge < -0.3 is 15.5 Å². The van der Waals surface area contributed by atoms with Crippen LogP contribution in [0, 0.1) is 5.92 Å². The Balaban J connectivity index is 2.19. The van der Waals surface area contributed by atoms with Crippen molar-refractivity contribution in [2.24, 2.45) is 5.92 Å². The van der Waals surface area contributed by atoms with Gasteiger partial charge in [0.1, 0.15) is 0 Å². The quantitative estimate of drug-likeness (QED) is 0.663. The zero-order valence-electron chi connectivity index (χ0n) is 8.31. The van der Waals surface area contributed by atoms with Crippen molar-refractivity contribution < 1.29 is 10.2 Å². The molecule has 0 saturated carbocycles. The van der Waals surface area contributed by atoms with Crippen LogP contribution in [0.5, 0.6) is 0 Å². The maximum atomic E-state index is 9.68. The van der Waals surface area contributed by atoms with E-state index in [1.165, 1.54) is 0 Å². The Morgan fingerprint density at radius 3 is 2.86 bits per heavy atom. The maximum Gasteiger partial charge on any atom is 0.0922 e. The highest BCUT2D eigenvalue weighted by Gasteiger charge is 2.07. The Labute approximate surface area is 88.4 Å². The van der Waals surface area contributed by atoms with E-state index in [2.05, 4.69) is 5.32 Å². The molecule has 0 spiro atoms. The van der Waals surface area contributed by atoms with Gasteiger partial charge in [-0.05, 0) is 34.9 Å². The predicted octanol–water partition coefficient (Wildman–Crippen LogP) is 1.000. The summed E-state index contributed by atoms with van der Waals surface area (Å²) in [7, 11) is 0. The third-order valence-corrected chi connectivity index (χ3v) is 2.77. The first-order valence-electron chi connectivity index (χ1n) is 4.75. The van der Waals surface area contributed by atoms with E-state index in [0.29, 0.717) is 6.54 Å². The number of hydrogen-bond acceptors (Lipinski definition) is 4. The van der Waals surface area contributed by atoms with Crippen LogP contribution >= 0.6 is 11.3 Å². The molecule has 1 aromatic heterocycles. The van der Waals surface area contributed by atoms with Gasteiger partial charge in [-0.1, -0.05) is 6.92 Å². The molecular weight excluding hydrogens is 198 g/mol. The summed E-state index contributed by atoms with van der Waals surface area (Å²) in [6, 6.07) is 1.92. The number of rotatable bonds is 6. The second-order valence-electron chi connectivity index (χ2n) is 3.52. The van der Waals surface area contributed by atoms with Crippen LogP contribution in [0.2, 0.25) is 0 Å². The summed E-state index contributed by atoms with van der Waals surface area (Å²) in [5.41, 5.74) is 0.958. The third kappa shape index (κ3) is 3.75. The molecule has 1 aromatic rings. The molecule has 0 aliphatic rings. The van der Waals surface area contributed by atoms with Crippen molar-refractivity contribution in [3.63, 3.8) is 0 Å². The van der Waals surface area contributed by atoms with Gasteiger partial charge in [-0.15, -0.1) is 0 Å². The van der Waals surface area contributed by atoms with Gasteiger partial charge in [0.2, 0.25) is 0 Å². The minimum absolute atomic E-state index is 0.182. The van der Waals surface area contributed by atoms with Gasteiger partial charge in [-0.3, -0.25) is 0 Å².